The van der Waals surface area contributed by atoms with Crippen LogP contribution in [-0.2, 0) is 4.74 Å². The topological polar surface area (TPSA) is 121 Å². The first kappa shape index (κ1) is 19.9. The Bertz CT molecular complexity index is 767. The van der Waals surface area contributed by atoms with Gasteiger partial charge in [0, 0.05) is 18.5 Å². The third-order valence-electron chi connectivity index (χ3n) is 5.88. The van der Waals surface area contributed by atoms with Crippen LogP contribution in [0, 0.1) is 0 Å². The third kappa shape index (κ3) is 4.17. The molecular weight excluding hydrogens is 378 g/mol. The zero-order valence-electron chi connectivity index (χ0n) is 17.1. The lowest BCUT2D eigenvalue weighted by Crippen LogP contribution is -2.40. The minimum Gasteiger partial charge on any atom is -0.444 e. The van der Waals surface area contributed by atoms with E-state index in [4.69, 9.17) is 9.15 Å². The molecule has 2 atom stereocenters. The van der Waals surface area contributed by atoms with Gasteiger partial charge in [0.15, 0.2) is 0 Å². The second kappa shape index (κ2) is 7.47. The van der Waals surface area contributed by atoms with Gasteiger partial charge in [0.2, 0.25) is 11.8 Å². The number of amides is 3. The molecule has 1 aliphatic carbocycles. The molecule has 0 aromatic carbocycles. The van der Waals surface area contributed by atoms with Gasteiger partial charge in [0.05, 0.1) is 6.04 Å². The number of hydrogen-bond acceptors (Lipinski definition) is 7. The average molecular weight is 407 g/mol. The fraction of sp³-hybridized carbons (Fsp3) is 0.789. The molecule has 2 N–H and O–H groups in total. The summed E-state index contributed by atoms with van der Waals surface area (Å²) in [4.78, 5) is 25.7. The van der Waals surface area contributed by atoms with E-state index in [0.717, 1.165) is 30.7 Å². The van der Waals surface area contributed by atoms with Crippen molar-refractivity contribution in [3.8, 4) is 0 Å². The number of carbonyl (C=O) groups is 2. The molecule has 0 radical (unpaired) electrons. The van der Waals surface area contributed by atoms with Gasteiger partial charge < -0.3 is 19.4 Å². The summed E-state index contributed by atoms with van der Waals surface area (Å²) in [6.45, 7) is 6.02. The Hall–Kier alpha value is -2.36. The van der Waals surface area contributed by atoms with Crippen LogP contribution in [0.25, 0.3) is 0 Å². The van der Waals surface area contributed by atoms with Crippen LogP contribution in [0.15, 0.2) is 4.42 Å². The van der Waals surface area contributed by atoms with Gasteiger partial charge in [-0.3, -0.25) is 5.21 Å². The van der Waals surface area contributed by atoms with Gasteiger partial charge in [0.25, 0.3) is 0 Å². The molecule has 10 heteroatoms. The monoisotopic (exact) mass is 407 g/mol. The zero-order valence-corrected chi connectivity index (χ0v) is 17.1. The third-order valence-corrected chi connectivity index (χ3v) is 5.88. The molecule has 2 aliphatic heterocycles. The number of rotatable bonds is 3. The Morgan fingerprint density at radius 3 is 2.52 bits per heavy atom. The van der Waals surface area contributed by atoms with Crippen molar-refractivity contribution in [2.24, 2.45) is 0 Å². The molecule has 4 rings (SSSR count). The van der Waals surface area contributed by atoms with Crippen LogP contribution in [-0.4, -0.2) is 61.7 Å². The molecule has 1 aromatic heterocycles. The van der Waals surface area contributed by atoms with Crippen molar-refractivity contribution in [2.75, 3.05) is 6.54 Å². The minimum atomic E-state index is -0.510. The van der Waals surface area contributed by atoms with Crippen LogP contribution in [0.1, 0.15) is 83.0 Å². The molecule has 2 saturated heterocycles. The lowest BCUT2D eigenvalue weighted by atomic mass is 9.86. The highest BCUT2D eigenvalue weighted by molar-refractivity contribution is 5.76. The number of alkyl carbamates (subject to hydrolysis) is 1. The van der Waals surface area contributed by atoms with Gasteiger partial charge in [-0.2, -0.15) is 0 Å². The fourth-order valence-electron chi connectivity index (χ4n) is 4.41. The summed E-state index contributed by atoms with van der Waals surface area (Å²) in [5.41, 5.74) is -0.510. The molecule has 3 aliphatic rings. The van der Waals surface area contributed by atoms with Gasteiger partial charge in [-0.05, 0) is 59.3 Å². The quantitative estimate of drug-likeness (QED) is 0.739. The highest BCUT2D eigenvalue weighted by Gasteiger charge is 2.46. The van der Waals surface area contributed by atoms with Gasteiger partial charge in [-0.1, -0.05) is 0 Å². The summed E-state index contributed by atoms with van der Waals surface area (Å²) in [5, 5.41) is 22.0. The first-order valence-corrected chi connectivity index (χ1v) is 10.3. The molecule has 10 nitrogen and oxygen atoms in total. The van der Waals surface area contributed by atoms with Crippen LogP contribution >= 0.6 is 0 Å². The maximum absolute atomic E-state index is 12.2. The smallest absolute Gasteiger partial charge is 0.407 e. The van der Waals surface area contributed by atoms with Crippen LogP contribution in [0.5, 0.6) is 0 Å². The van der Waals surface area contributed by atoms with Crippen LogP contribution < -0.4 is 5.32 Å². The predicted molar refractivity (Wildman–Crippen MR) is 100 cm³/mol. The van der Waals surface area contributed by atoms with Crippen LogP contribution in [0.4, 0.5) is 9.59 Å². The number of fused-ring (bicyclic) bond motifs is 2. The first-order valence-electron chi connectivity index (χ1n) is 10.3. The van der Waals surface area contributed by atoms with E-state index in [9.17, 15) is 14.8 Å². The second-order valence-electron chi connectivity index (χ2n) is 9.20. The summed E-state index contributed by atoms with van der Waals surface area (Å²) in [5.74, 6) is 1.18. The molecular formula is C19H29N5O5. The fourth-order valence-corrected chi connectivity index (χ4v) is 4.41. The number of carbonyl (C=O) groups excluding carboxylic acids is 2. The van der Waals surface area contributed by atoms with Gasteiger partial charge >= 0.3 is 12.1 Å². The largest absolute Gasteiger partial charge is 0.444 e. The van der Waals surface area contributed by atoms with Crippen molar-refractivity contribution in [3.05, 3.63) is 11.8 Å². The number of nitrogens with one attached hydrogen (secondary N) is 1. The number of aromatic nitrogens is 2. The zero-order chi connectivity index (χ0) is 20.8. The molecule has 160 valence electrons. The van der Waals surface area contributed by atoms with E-state index in [0.29, 0.717) is 31.2 Å². The van der Waals surface area contributed by atoms with E-state index in [-0.39, 0.29) is 30.1 Å². The molecule has 2 bridgehead atoms. The molecule has 1 saturated carbocycles. The summed E-state index contributed by atoms with van der Waals surface area (Å²) >= 11 is 0. The minimum absolute atomic E-state index is 0.0801. The standard InChI is InChI=1S/C19H29N5O5/c1-19(2,3)29-17(25)20-12-6-4-11(5-7-12)15-21-22-16(28-15)14-9-8-13-10-23(14)18(26)24(13)27/h11-14,27H,4-10H2,1-3H3,(H,20,25). The van der Waals surface area contributed by atoms with Crippen molar-refractivity contribution >= 4 is 12.1 Å². The number of ether oxygens (including phenoxy) is 1. The number of urea groups is 1. The summed E-state index contributed by atoms with van der Waals surface area (Å²) in [7, 11) is 0. The van der Waals surface area contributed by atoms with Crippen molar-refractivity contribution in [1.82, 2.24) is 25.5 Å². The van der Waals surface area contributed by atoms with Crippen LogP contribution in [0.3, 0.4) is 0 Å². The number of piperidine rings is 1. The predicted octanol–water partition coefficient (Wildman–Crippen LogP) is 2.95. The van der Waals surface area contributed by atoms with E-state index in [2.05, 4.69) is 15.5 Å². The van der Waals surface area contributed by atoms with E-state index >= 15 is 0 Å². The Morgan fingerprint density at radius 2 is 1.83 bits per heavy atom. The number of nitrogens with zero attached hydrogens (tertiary/aromatic N) is 4. The molecule has 3 fully saturated rings. The van der Waals surface area contributed by atoms with E-state index < -0.39 is 11.6 Å². The summed E-state index contributed by atoms with van der Waals surface area (Å²) in [6.07, 6.45) is 4.33. The molecule has 0 spiro atoms. The number of hydrogen-bond donors (Lipinski definition) is 2. The van der Waals surface area contributed by atoms with Gasteiger partial charge in [-0.25, -0.2) is 14.7 Å². The highest BCUT2D eigenvalue weighted by Crippen LogP contribution is 2.39. The van der Waals surface area contributed by atoms with E-state index in [1.54, 1.807) is 4.90 Å². The summed E-state index contributed by atoms with van der Waals surface area (Å²) in [6, 6.07) is -0.737. The second-order valence-corrected chi connectivity index (χ2v) is 9.20. The normalized spacial score (nSPS) is 29.9. The Balaban J connectivity index is 1.32. The van der Waals surface area contributed by atoms with Gasteiger partial charge in [-0.15, -0.1) is 10.2 Å². The van der Waals surface area contributed by atoms with Crippen molar-refractivity contribution in [3.63, 3.8) is 0 Å². The van der Waals surface area contributed by atoms with Crippen molar-refractivity contribution in [1.29, 1.82) is 0 Å². The molecule has 1 aromatic rings. The maximum atomic E-state index is 12.2. The van der Waals surface area contributed by atoms with E-state index in [1.165, 1.54) is 0 Å². The molecule has 3 heterocycles. The van der Waals surface area contributed by atoms with Crippen molar-refractivity contribution < 1.29 is 24.0 Å². The Morgan fingerprint density at radius 1 is 1.14 bits per heavy atom. The van der Waals surface area contributed by atoms with E-state index in [1.807, 2.05) is 20.8 Å². The maximum Gasteiger partial charge on any atom is 0.407 e. The SMILES string of the molecule is CC(C)(C)OC(=O)NC1CCC(c2nnc(C3CCC4CN3C(=O)N4O)o2)CC1. The lowest BCUT2D eigenvalue weighted by Gasteiger charge is -2.29. The number of hydroxylamine groups is 2. The molecule has 2 unspecified atom stereocenters. The molecule has 3 amide bonds. The van der Waals surface area contributed by atoms with Crippen LogP contribution in [0.2, 0.25) is 0 Å². The lowest BCUT2D eigenvalue weighted by molar-refractivity contribution is -0.0584. The van der Waals surface area contributed by atoms with Crippen molar-refractivity contribution in [2.45, 2.75) is 88.9 Å². The first-order chi connectivity index (χ1) is 13.7. The summed E-state index contributed by atoms with van der Waals surface area (Å²) < 4.78 is 11.3. The highest BCUT2D eigenvalue weighted by atomic mass is 16.6. The average Bonchev–Trinajstić information content (AvgIpc) is 3.22. The Kier molecular flexibility index (Phi) is 5.14. The Labute approximate surface area is 169 Å². The molecule has 29 heavy (non-hydrogen) atoms. The van der Waals surface area contributed by atoms with Gasteiger partial charge in [0.1, 0.15) is 11.6 Å².